The fourth-order valence-electron chi connectivity index (χ4n) is 2.77. The van der Waals surface area contributed by atoms with Gasteiger partial charge in [0, 0.05) is 24.8 Å². The molecular formula is C18H18N2O4S. The van der Waals surface area contributed by atoms with Gasteiger partial charge in [0.25, 0.3) is 5.91 Å². The van der Waals surface area contributed by atoms with Crippen LogP contribution in [0.5, 0.6) is 0 Å². The maximum Gasteiger partial charge on any atom is 0.255 e. The topological polar surface area (TPSA) is 83.6 Å². The average molecular weight is 358 g/mol. The van der Waals surface area contributed by atoms with Crippen molar-refractivity contribution in [2.45, 2.75) is 17.7 Å². The first-order chi connectivity index (χ1) is 11.9. The van der Waals surface area contributed by atoms with E-state index in [0.717, 1.165) is 12.7 Å². The Morgan fingerprint density at radius 2 is 1.76 bits per heavy atom. The molecule has 1 aliphatic rings. The lowest BCUT2D eigenvalue weighted by molar-refractivity contribution is -0.117. The minimum absolute atomic E-state index is 0.0409. The van der Waals surface area contributed by atoms with Crippen molar-refractivity contribution in [1.29, 1.82) is 0 Å². The zero-order valence-electron chi connectivity index (χ0n) is 13.7. The minimum atomic E-state index is -3.30. The number of benzene rings is 2. The van der Waals surface area contributed by atoms with Crippen molar-refractivity contribution in [3.63, 3.8) is 0 Å². The van der Waals surface area contributed by atoms with Crippen molar-refractivity contribution in [1.82, 2.24) is 0 Å². The molecule has 0 spiro atoms. The number of anilines is 2. The molecule has 1 saturated heterocycles. The monoisotopic (exact) mass is 358 g/mol. The van der Waals surface area contributed by atoms with E-state index < -0.39 is 9.84 Å². The van der Waals surface area contributed by atoms with Crippen LogP contribution in [-0.4, -0.2) is 33.0 Å². The van der Waals surface area contributed by atoms with Crippen LogP contribution in [0.3, 0.4) is 0 Å². The Bertz CT molecular complexity index is 920. The van der Waals surface area contributed by atoms with Crippen molar-refractivity contribution >= 4 is 33.0 Å². The number of hydrogen-bond acceptors (Lipinski definition) is 4. The van der Waals surface area contributed by atoms with Gasteiger partial charge in [0.05, 0.1) is 16.3 Å². The third kappa shape index (κ3) is 3.71. The second kappa shape index (κ2) is 6.68. The Morgan fingerprint density at radius 3 is 2.36 bits per heavy atom. The molecule has 1 fully saturated rings. The number of sulfone groups is 1. The van der Waals surface area contributed by atoms with E-state index in [9.17, 15) is 18.0 Å². The minimum Gasteiger partial charge on any atom is -0.320 e. The number of rotatable bonds is 4. The average Bonchev–Trinajstić information content (AvgIpc) is 3.00. The molecular weight excluding hydrogens is 340 g/mol. The fraction of sp³-hybridized carbons (Fsp3) is 0.222. The van der Waals surface area contributed by atoms with Gasteiger partial charge in [-0.2, -0.15) is 0 Å². The molecule has 2 amide bonds. The molecule has 0 radical (unpaired) electrons. The first-order valence-electron chi connectivity index (χ1n) is 7.87. The molecule has 1 heterocycles. The van der Waals surface area contributed by atoms with Crippen molar-refractivity contribution in [2.75, 3.05) is 23.0 Å². The van der Waals surface area contributed by atoms with Gasteiger partial charge in [-0.25, -0.2) is 8.42 Å². The third-order valence-corrected chi connectivity index (χ3v) is 5.19. The molecule has 25 heavy (non-hydrogen) atoms. The smallest absolute Gasteiger partial charge is 0.255 e. The molecule has 2 aromatic rings. The standard InChI is InChI=1S/C18H18N2O4S/c1-25(23,24)14-10-8-13(9-11-14)18(22)19-15-5-2-3-6-16(15)20-12-4-7-17(20)21/h2-3,5-6,8-11H,4,7,12H2,1H3,(H,19,22). The molecule has 3 rings (SSSR count). The van der Waals surface area contributed by atoms with Crippen LogP contribution in [0.2, 0.25) is 0 Å². The normalized spacial score (nSPS) is 14.6. The summed E-state index contributed by atoms with van der Waals surface area (Å²) in [7, 11) is -3.30. The predicted octanol–water partition coefficient (Wildman–Crippen LogP) is 2.47. The molecule has 0 bridgehead atoms. The van der Waals surface area contributed by atoms with Crippen LogP contribution in [0, 0.1) is 0 Å². The van der Waals surface area contributed by atoms with Gasteiger partial charge in [0.15, 0.2) is 9.84 Å². The van der Waals surface area contributed by atoms with E-state index >= 15 is 0 Å². The van der Waals surface area contributed by atoms with Gasteiger partial charge in [0.1, 0.15) is 0 Å². The van der Waals surface area contributed by atoms with Crippen LogP contribution in [-0.2, 0) is 14.6 Å². The Kier molecular flexibility index (Phi) is 4.59. The molecule has 6 nitrogen and oxygen atoms in total. The van der Waals surface area contributed by atoms with Gasteiger partial charge in [-0.15, -0.1) is 0 Å². The molecule has 2 aromatic carbocycles. The maximum absolute atomic E-state index is 12.5. The van der Waals surface area contributed by atoms with Gasteiger partial charge in [-0.05, 0) is 42.8 Å². The summed E-state index contributed by atoms with van der Waals surface area (Å²) < 4.78 is 23.0. The number of carbonyl (C=O) groups is 2. The Hall–Kier alpha value is -2.67. The molecule has 0 saturated carbocycles. The van der Waals surface area contributed by atoms with Crippen molar-refractivity contribution < 1.29 is 18.0 Å². The largest absolute Gasteiger partial charge is 0.320 e. The highest BCUT2D eigenvalue weighted by atomic mass is 32.2. The number of amides is 2. The van der Waals surface area contributed by atoms with Gasteiger partial charge in [0.2, 0.25) is 5.91 Å². The van der Waals surface area contributed by atoms with E-state index in [0.29, 0.717) is 29.9 Å². The van der Waals surface area contributed by atoms with E-state index in [2.05, 4.69) is 5.32 Å². The van der Waals surface area contributed by atoms with Crippen LogP contribution in [0.15, 0.2) is 53.4 Å². The fourth-order valence-corrected chi connectivity index (χ4v) is 3.40. The second-order valence-corrected chi connectivity index (χ2v) is 7.93. The third-order valence-electron chi connectivity index (χ3n) is 4.06. The lowest BCUT2D eigenvalue weighted by atomic mass is 10.2. The summed E-state index contributed by atoms with van der Waals surface area (Å²) in [4.78, 5) is 26.3. The summed E-state index contributed by atoms with van der Waals surface area (Å²) in [5.74, 6) is -0.321. The first-order valence-corrected chi connectivity index (χ1v) is 9.76. The molecule has 0 aromatic heterocycles. The molecule has 0 unspecified atom stereocenters. The first kappa shape index (κ1) is 17.2. The predicted molar refractivity (Wildman–Crippen MR) is 95.5 cm³/mol. The van der Waals surface area contributed by atoms with Crippen LogP contribution in [0.4, 0.5) is 11.4 Å². The van der Waals surface area contributed by atoms with E-state index in [1.165, 1.54) is 24.3 Å². The number of nitrogens with zero attached hydrogens (tertiary/aromatic N) is 1. The summed E-state index contributed by atoms with van der Waals surface area (Å²) in [5.41, 5.74) is 1.57. The van der Waals surface area contributed by atoms with Gasteiger partial charge in [-0.1, -0.05) is 12.1 Å². The van der Waals surface area contributed by atoms with Crippen molar-refractivity contribution in [2.24, 2.45) is 0 Å². The Morgan fingerprint density at radius 1 is 1.08 bits per heavy atom. The Labute approximate surface area is 146 Å². The van der Waals surface area contributed by atoms with Gasteiger partial charge < -0.3 is 10.2 Å². The SMILES string of the molecule is CS(=O)(=O)c1ccc(C(=O)Nc2ccccc2N2CCCC2=O)cc1. The lowest BCUT2D eigenvalue weighted by Gasteiger charge is -2.20. The summed E-state index contributed by atoms with van der Waals surface area (Å²) in [5, 5.41) is 2.80. The number of nitrogens with one attached hydrogen (secondary N) is 1. The molecule has 0 aliphatic carbocycles. The van der Waals surface area contributed by atoms with E-state index in [1.54, 1.807) is 23.1 Å². The van der Waals surface area contributed by atoms with Crippen LogP contribution in [0.25, 0.3) is 0 Å². The van der Waals surface area contributed by atoms with Gasteiger partial charge >= 0.3 is 0 Å². The summed E-state index contributed by atoms with van der Waals surface area (Å²) in [6.45, 7) is 0.634. The second-order valence-electron chi connectivity index (χ2n) is 5.92. The summed E-state index contributed by atoms with van der Waals surface area (Å²) >= 11 is 0. The number of carbonyl (C=O) groups excluding carboxylic acids is 2. The highest BCUT2D eigenvalue weighted by Crippen LogP contribution is 2.29. The zero-order chi connectivity index (χ0) is 18.0. The molecule has 0 atom stereocenters. The number of hydrogen-bond donors (Lipinski definition) is 1. The van der Waals surface area contributed by atoms with Gasteiger partial charge in [-0.3, -0.25) is 9.59 Å². The van der Waals surface area contributed by atoms with Crippen LogP contribution in [0.1, 0.15) is 23.2 Å². The highest BCUT2D eigenvalue weighted by Gasteiger charge is 2.24. The van der Waals surface area contributed by atoms with E-state index in [1.807, 2.05) is 6.07 Å². The van der Waals surface area contributed by atoms with Crippen molar-refractivity contribution in [3.05, 3.63) is 54.1 Å². The maximum atomic E-state index is 12.5. The zero-order valence-corrected chi connectivity index (χ0v) is 14.5. The Balaban J connectivity index is 1.83. The van der Waals surface area contributed by atoms with E-state index in [4.69, 9.17) is 0 Å². The quantitative estimate of drug-likeness (QED) is 0.910. The number of para-hydroxylation sites is 2. The van der Waals surface area contributed by atoms with Crippen molar-refractivity contribution in [3.8, 4) is 0 Å². The van der Waals surface area contributed by atoms with Crippen LogP contribution < -0.4 is 10.2 Å². The molecule has 1 N–H and O–H groups in total. The van der Waals surface area contributed by atoms with Crippen LogP contribution >= 0.6 is 0 Å². The highest BCUT2D eigenvalue weighted by molar-refractivity contribution is 7.90. The molecule has 1 aliphatic heterocycles. The molecule has 7 heteroatoms. The molecule has 130 valence electrons. The summed E-state index contributed by atoms with van der Waals surface area (Å²) in [6, 6.07) is 12.9. The van der Waals surface area contributed by atoms with E-state index in [-0.39, 0.29) is 16.7 Å². The lowest BCUT2D eigenvalue weighted by Crippen LogP contribution is -2.25. The summed E-state index contributed by atoms with van der Waals surface area (Å²) in [6.07, 6.45) is 2.43.